The van der Waals surface area contributed by atoms with Crippen LogP contribution in [0.4, 0.5) is 5.95 Å². The zero-order valence-corrected chi connectivity index (χ0v) is 10.5. The predicted molar refractivity (Wildman–Crippen MR) is 69.8 cm³/mol. The van der Waals surface area contributed by atoms with Crippen LogP contribution in [0.25, 0.3) is 5.69 Å². The number of hydrogen-bond acceptors (Lipinski definition) is 4. The molecule has 1 fully saturated rings. The zero-order valence-electron chi connectivity index (χ0n) is 10.5. The number of benzene rings is 1. The van der Waals surface area contributed by atoms with Crippen molar-refractivity contribution in [2.75, 3.05) is 18.5 Å². The van der Waals surface area contributed by atoms with Crippen LogP contribution in [0.3, 0.4) is 0 Å². The average molecular weight is 243 g/mol. The van der Waals surface area contributed by atoms with Crippen molar-refractivity contribution in [3.8, 4) is 5.69 Å². The standard InChI is InChI=1S/C13H17N5/c1-17(10-9-11-7-8-11)13-14-15-16-18(13)12-5-3-2-4-6-12/h2-6,11H,7-10H2,1H3. The molecule has 3 rings (SSSR count). The highest BCUT2D eigenvalue weighted by Crippen LogP contribution is 2.32. The second kappa shape index (κ2) is 4.76. The largest absolute Gasteiger partial charge is 0.342 e. The van der Waals surface area contributed by atoms with Crippen molar-refractivity contribution in [2.45, 2.75) is 19.3 Å². The summed E-state index contributed by atoms with van der Waals surface area (Å²) >= 11 is 0. The van der Waals surface area contributed by atoms with Crippen molar-refractivity contribution in [1.29, 1.82) is 0 Å². The van der Waals surface area contributed by atoms with E-state index in [9.17, 15) is 0 Å². The van der Waals surface area contributed by atoms with Gasteiger partial charge in [-0.3, -0.25) is 0 Å². The summed E-state index contributed by atoms with van der Waals surface area (Å²) in [6, 6.07) is 9.99. The molecule has 0 amide bonds. The van der Waals surface area contributed by atoms with E-state index in [0.717, 1.165) is 24.1 Å². The Bertz CT molecular complexity index is 503. The maximum atomic E-state index is 4.12. The summed E-state index contributed by atoms with van der Waals surface area (Å²) in [5.41, 5.74) is 0.996. The van der Waals surface area contributed by atoms with Crippen molar-refractivity contribution in [3.63, 3.8) is 0 Å². The SMILES string of the molecule is CN(CCC1CC1)c1nnnn1-c1ccccc1. The van der Waals surface area contributed by atoms with Crippen LogP contribution in [-0.2, 0) is 0 Å². The Balaban J connectivity index is 1.77. The Morgan fingerprint density at radius 1 is 1.28 bits per heavy atom. The predicted octanol–water partition coefficient (Wildman–Crippen LogP) is 1.90. The van der Waals surface area contributed by atoms with E-state index in [1.54, 1.807) is 4.68 Å². The molecule has 0 bridgehead atoms. The van der Waals surface area contributed by atoms with Gasteiger partial charge in [0.1, 0.15) is 0 Å². The van der Waals surface area contributed by atoms with E-state index in [0.29, 0.717) is 0 Å². The Kier molecular flexibility index (Phi) is 2.96. The smallest absolute Gasteiger partial charge is 0.250 e. The highest BCUT2D eigenvalue weighted by atomic mass is 15.6. The third kappa shape index (κ3) is 2.34. The summed E-state index contributed by atoms with van der Waals surface area (Å²) in [6.45, 7) is 1.01. The summed E-state index contributed by atoms with van der Waals surface area (Å²) in [6.07, 6.45) is 4.01. The lowest BCUT2D eigenvalue weighted by Gasteiger charge is -2.17. The van der Waals surface area contributed by atoms with Crippen LogP contribution >= 0.6 is 0 Å². The molecule has 94 valence electrons. The lowest BCUT2D eigenvalue weighted by atomic mass is 10.3. The van der Waals surface area contributed by atoms with Crippen LogP contribution in [0, 0.1) is 5.92 Å². The lowest BCUT2D eigenvalue weighted by molar-refractivity contribution is 0.690. The third-order valence-corrected chi connectivity index (χ3v) is 3.36. The molecule has 1 aliphatic carbocycles. The van der Waals surface area contributed by atoms with Gasteiger partial charge in [0.05, 0.1) is 5.69 Å². The average Bonchev–Trinajstić information content (AvgIpc) is 3.11. The van der Waals surface area contributed by atoms with Gasteiger partial charge in [-0.1, -0.05) is 36.1 Å². The minimum atomic E-state index is 0.807. The molecule has 2 aromatic rings. The van der Waals surface area contributed by atoms with Gasteiger partial charge in [-0.05, 0) is 34.9 Å². The van der Waals surface area contributed by atoms with Gasteiger partial charge in [0.25, 0.3) is 0 Å². The van der Waals surface area contributed by atoms with Gasteiger partial charge in [-0.15, -0.1) is 0 Å². The maximum Gasteiger partial charge on any atom is 0.250 e. The molecule has 18 heavy (non-hydrogen) atoms. The van der Waals surface area contributed by atoms with Crippen molar-refractivity contribution < 1.29 is 0 Å². The number of hydrogen-bond donors (Lipinski definition) is 0. The van der Waals surface area contributed by atoms with Crippen molar-refractivity contribution >= 4 is 5.95 Å². The zero-order chi connectivity index (χ0) is 12.4. The molecule has 5 nitrogen and oxygen atoms in total. The first-order valence-electron chi connectivity index (χ1n) is 6.39. The topological polar surface area (TPSA) is 46.8 Å². The van der Waals surface area contributed by atoms with Gasteiger partial charge < -0.3 is 4.90 Å². The molecule has 0 N–H and O–H groups in total. The number of anilines is 1. The van der Waals surface area contributed by atoms with Crippen LogP contribution in [0.2, 0.25) is 0 Å². The number of tetrazole rings is 1. The van der Waals surface area contributed by atoms with Gasteiger partial charge in [0.2, 0.25) is 5.95 Å². The normalized spacial score (nSPS) is 14.7. The van der Waals surface area contributed by atoms with Crippen LogP contribution in [0.15, 0.2) is 30.3 Å². The monoisotopic (exact) mass is 243 g/mol. The van der Waals surface area contributed by atoms with Gasteiger partial charge in [-0.2, -0.15) is 4.68 Å². The second-order valence-electron chi connectivity index (χ2n) is 4.88. The first-order valence-corrected chi connectivity index (χ1v) is 6.39. The van der Waals surface area contributed by atoms with E-state index < -0.39 is 0 Å². The van der Waals surface area contributed by atoms with Crippen molar-refractivity contribution in [1.82, 2.24) is 20.2 Å². The number of rotatable bonds is 5. The fourth-order valence-corrected chi connectivity index (χ4v) is 2.04. The molecule has 0 radical (unpaired) electrons. The highest BCUT2D eigenvalue weighted by Gasteiger charge is 2.22. The number of para-hydroxylation sites is 1. The molecule has 1 heterocycles. The Labute approximate surface area is 106 Å². The fraction of sp³-hybridized carbons (Fsp3) is 0.462. The van der Waals surface area contributed by atoms with Crippen LogP contribution in [0.5, 0.6) is 0 Å². The Morgan fingerprint density at radius 2 is 2.06 bits per heavy atom. The molecule has 0 unspecified atom stereocenters. The van der Waals surface area contributed by atoms with E-state index >= 15 is 0 Å². The molecule has 0 saturated heterocycles. The van der Waals surface area contributed by atoms with E-state index in [2.05, 4.69) is 20.4 Å². The third-order valence-electron chi connectivity index (χ3n) is 3.36. The van der Waals surface area contributed by atoms with E-state index in [1.807, 2.05) is 37.4 Å². The minimum absolute atomic E-state index is 0.807. The summed E-state index contributed by atoms with van der Waals surface area (Å²) in [7, 11) is 2.05. The van der Waals surface area contributed by atoms with Gasteiger partial charge >= 0.3 is 0 Å². The van der Waals surface area contributed by atoms with E-state index in [4.69, 9.17) is 0 Å². The summed E-state index contributed by atoms with van der Waals surface area (Å²) in [5.74, 6) is 1.73. The fourth-order valence-electron chi connectivity index (χ4n) is 2.04. The van der Waals surface area contributed by atoms with E-state index in [1.165, 1.54) is 19.3 Å². The molecule has 1 aromatic carbocycles. The maximum absolute atomic E-state index is 4.12. The molecule has 0 spiro atoms. The van der Waals surface area contributed by atoms with Crippen molar-refractivity contribution in [2.24, 2.45) is 5.92 Å². The van der Waals surface area contributed by atoms with Crippen LogP contribution < -0.4 is 4.90 Å². The molecule has 1 saturated carbocycles. The highest BCUT2D eigenvalue weighted by molar-refractivity contribution is 5.39. The minimum Gasteiger partial charge on any atom is -0.342 e. The molecule has 1 aromatic heterocycles. The first kappa shape index (κ1) is 11.2. The summed E-state index contributed by atoms with van der Waals surface area (Å²) in [5, 5.41) is 12.0. The molecule has 0 aliphatic heterocycles. The van der Waals surface area contributed by atoms with Gasteiger partial charge in [0.15, 0.2) is 0 Å². The number of nitrogens with zero attached hydrogens (tertiary/aromatic N) is 5. The Hall–Kier alpha value is -1.91. The molecule has 5 heteroatoms. The van der Waals surface area contributed by atoms with Gasteiger partial charge in [-0.25, -0.2) is 0 Å². The summed E-state index contributed by atoms with van der Waals surface area (Å²) < 4.78 is 1.78. The first-order chi connectivity index (χ1) is 8.84. The molecule has 0 atom stereocenters. The van der Waals surface area contributed by atoms with Crippen LogP contribution in [0.1, 0.15) is 19.3 Å². The van der Waals surface area contributed by atoms with E-state index in [-0.39, 0.29) is 0 Å². The molecular weight excluding hydrogens is 226 g/mol. The lowest BCUT2D eigenvalue weighted by Crippen LogP contribution is -2.23. The summed E-state index contributed by atoms with van der Waals surface area (Å²) in [4.78, 5) is 2.13. The molecular formula is C13H17N5. The quantitative estimate of drug-likeness (QED) is 0.804. The van der Waals surface area contributed by atoms with Crippen LogP contribution in [-0.4, -0.2) is 33.8 Å². The Morgan fingerprint density at radius 3 is 2.78 bits per heavy atom. The molecule has 1 aliphatic rings. The van der Waals surface area contributed by atoms with Crippen molar-refractivity contribution in [3.05, 3.63) is 30.3 Å². The van der Waals surface area contributed by atoms with Gasteiger partial charge in [0, 0.05) is 13.6 Å². The second-order valence-corrected chi connectivity index (χ2v) is 4.88. The number of aromatic nitrogens is 4.